The van der Waals surface area contributed by atoms with Crippen molar-refractivity contribution in [2.75, 3.05) is 46.5 Å². The van der Waals surface area contributed by atoms with Crippen molar-refractivity contribution in [3.8, 4) is 16.9 Å². The fourth-order valence-corrected chi connectivity index (χ4v) is 4.42. The Morgan fingerprint density at radius 3 is 2.76 bits per heavy atom. The summed E-state index contributed by atoms with van der Waals surface area (Å²) in [5.74, 6) is 1.30. The molecule has 2 aromatic carbocycles. The number of morpholine rings is 1. The Morgan fingerprint density at radius 2 is 1.93 bits per heavy atom. The van der Waals surface area contributed by atoms with Crippen LogP contribution in [0.2, 0.25) is 0 Å². The molecule has 5 nitrogen and oxygen atoms in total. The van der Waals surface area contributed by atoms with Crippen molar-refractivity contribution in [3.63, 3.8) is 0 Å². The Hall–Kier alpha value is -2.37. The number of hydrogen-bond acceptors (Lipinski definition) is 4. The lowest BCUT2D eigenvalue weighted by atomic mass is 9.95. The van der Waals surface area contributed by atoms with Crippen molar-refractivity contribution < 1.29 is 14.3 Å². The zero-order chi connectivity index (χ0) is 20.1. The second-order valence-electron chi connectivity index (χ2n) is 7.91. The van der Waals surface area contributed by atoms with E-state index in [-0.39, 0.29) is 5.92 Å². The maximum absolute atomic E-state index is 12.9. The van der Waals surface area contributed by atoms with Gasteiger partial charge in [0.1, 0.15) is 5.75 Å². The Balaban J connectivity index is 1.43. The molecule has 0 bridgehead atoms. The topological polar surface area (TPSA) is 42.0 Å². The molecule has 5 heteroatoms. The standard InChI is InChI=1S/C24H30N2O3/c1-28-23-10-3-2-9-22(23)20-7-4-6-19(16-20)17-25-11-5-8-21(18-25)24(27)26-12-14-29-15-13-26/h2-4,6-7,9-10,16,21H,5,8,11-15,17-18H2,1H3. The maximum Gasteiger partial charge on any atom is 0.227 e. The number of carbonyl (C=O) groups is 1. The van der Waals surface area contributed by atoms with E-state index >= 15 is 0 Å². The van der Waals surface area contributed by atoms with E-state index in [1.54, 1.807) is 7.11 Å². The second-order valence-corrected chi connectivity index (χ2v) is 7.91. The van der Waals surface area contributed by atoms with Crippen LogP contribution in [0.4, 0.5) is 0 Å². The van der Waals surface area contributed by atoms with Crippen LogP contribution < -0.4 is 4.74 Å². The summed E-state index contributed by atoms with van der Waals surface area (Å²) >= 11 is 0. The van der Waals surface area contributed by atoms with Gasteiger partial charge in [0.2, 0.25) is 5.91 Å². The molecule has 4 rings (SSSR count). The fourth-order valence-electron chi connectivity index (χ4n) is 4.42. The van der Waals surface area contributed by atoms with Gasteiger partial charge in [-0.25, -0.2) is 0 Å². The Labute approximate surface area is 173 Å². The molecule has 2 saturated heterocycles. The molecule has 154 valence electrons. The number of piperidine rings is 1. The molecule has 1 amide bonds. The third-order valence-corrected chi connectivity index (χ3v) is 5.93. The molecule has 0 spiro atoms. The van der Waals surface area contributed by atoms with Gasteiger partial charge in [-0.15, -0.1) is 0 Å². The monoisotopic (exact) mass is 394 g/mol. The van der Waals surface area contributed by atoms with Crippen LogP contribution >= 0.6 is 0 Å². The molecule has 1 atom stereocenters. The summed E-state index contributed by atoms with van der Waals surface area (Å²) in [7, 11) is 1.71. The third kappa shape index (κ3) is 4.80. The highest BCUT2D eigenvalue weighted by molar-refractivity contribution is 5.79. The van der Waals surface area contributed by atoms with Gasteiger partial charge in [0, 0.05) is 31.7 Å². The molecular weight excluding hydrogens is 364 g/mol. The van der Waals surface area contributed by atoms with Crippen LogP contribution in [-0.4, -0.2) is 62.2 Å². The molecule has 0 radical (unpaired) electrons. The summed E-state index contributed by atoms with van der Waals surface area (Å²) in [5.41, 5.74) is 3.54. The van der Waals surface area contributed by atoms with Crippen LogP contribution in [0.1, 0.15) is 18.4 Å². The quantitative estimate of drug-likeness (QED) is 0.779. The highest BCUT2D eigenvalue weighted by atomic mass is 16.5. The minimum Gasteiger partial charge on any atom is -0.496 e. The zero-order valence-corrected chi connectivity index (χ0v) is 17.2. The number of amides is 1. The minimum atomic E-state index is 0.110. The first-order valence-corrected chi connectivity index (χ1v) is 10.6. The van der Waals surface area contributed by atoms with E-state index in [1.807, 2.05) is 23.1 Å². The van der Waals surface area contributed by atoms with Gasteiger partial charge in [0.25, 0.3) is 0 Å². The number of likely N-dealkylation sites (tertiary alicyclic amines) is 1. The lowest BCUT2D eigenvalue weighted by Crippen LogP contribution is -2.48. The van der Waals surface area contributed by atoms with Crippen LogP contribution in [0.3, 0.4) is 0 Å². The van der Waals surface area contributed by atoms with Gasteiger partial charge in [0.05, 0.1) is 26.2 Å². The summed E-state index contributed by atoms with van der Waals surface area (Å²) in [6.45, 7) is 5.55. The van der Waals surface area contributed by atoms with Gasteiger partial charge in [-0.3, -0.25) is 9.69 Å². The summed E-state index contributed by atoms with van der Waals surface area (Å²) in [6.07, 6.45) is 2.07. The smallest absolute Gasteiger partial charge is 0.227 e. The molecule has 2 aromatic rings. The highest BCUT2D eigenvalue weighted by Crippen LogP contribution is 2.30. The molecule has 2 fully saturated rings. The summed E-state index contributed by atoms with van der Waals surface area (Å²) in [6, 6.07) is 16.8. The number of benzene rings is 2. The number of methoxy groups -OCH3 is 1. The molecular formula is C24H30N2O3. The van der Waals surface area contributed by atoms with Crippen LogP contribution in [0.25, 0.3) is 11.1 Å². The normalized spacial score (nSPS) is 20.4. The first kappa shape index (κ1) is 19.9. The van der Waals surface area contributed by atoms with Crippen LogP contribution in [0, 0.1) is 5.92 Å². The van der Waals surface area contributed by atoms with Crippen molar-refractivity contribution in [3.05, 3.63) is 54.1 Å². The molecule has 2 heterocycles. The van der Waals surface area contributed by atoms with Gasteiger partial charge < -0.3 is 14.4 Å². The first-order chi connectivity index (χ1) is 14.2. The predicted octanol–water partition coefficient (Wildman–Crippen LogP) is 3.43. The van der Waals surface area contributed by atoms with Crippen LogP contribution in [-0.2, 0) is 16.1 Å². The van der Waals surface area contributed by atoms with Crippen molar-refractivity contribution >= 4 is 5.91 Å². The Morgan fingerprint density at radius 1 is 1.10 bits per heavy atom. The molecule has 2 aliphatic rings. The highest BCUT2D eigenvalue weighted by Gasteiger charge is 2.30. The summed E-state index contributed by atoms with van der Waals surface area (Å²) < 4.78 is 10.9. The largest absolute Gasteiger partial charge is 0.496 e. The van der Waals surface area contributed by atoms with E-state index in [0.29, 0.717) is 19.1 Å². The fraction of sp³-hybridized carbons (Fsp3) is 0.458. The average Bonchev–Trinajstić information content (AvgIpc) is 2.79. The molecule has 2 aliphatic heterocycles. The Bertz CT molecular complexity index is 832. The molecule has 0 aliphatic carbocycles. The van der Waals surface area contributed by atoms with Gasteiger partial charge in [0.15, 0.2) is 0 Å². The Kier molecular flexibility index (Phi) is 6.47. The molecule has 0 saturated carbocycles. The zero-order valence-electron chi connectivity index (χ0n) is 17.2. The van der Waals surface area contributed by atoms with Crippen molar-refractivity contribution in [1.82, 2.24) is 9.80 Å². The number of nitrogens with zero attached hydrogens (tertiary/aromatic N) is 2. The van der Waals surface area contributed by atoms with Crippen molar-refractivity contribution in [1.29, 1.82) is 0 Å². The van der Waals surface area contributed by atoms with E-state index < -0.39 is 0 Å². The van der Waals surface area contributed by atoms with Crippen LogP contribution in [0.15, 0.2) is 48.5 Å². The number of rotatable bonds is 5. The van der Waals surface area contributed by atoms with E-state index in [2.05, 4.69) is 35.2 Å². The van der Waals surface area contributed by atoms with E-state index in [9.17, 15) is 4.79 Å². The van der Waals surface area contributed by atoms with Gasteiger partial charge >= 0.3 is 0 Å². The van der Waals surface area contributed by atoms with Crippen molar-refractivity contribution in [2.45, 2.75) is 19.4 Å². The van der Waals surface area contributed by atoms with Gasteiger partial charge in [-0.2, -0.15) is 0 Å². The number of ether oxygens (including phenoxy) is 2. The average molecular weight is 395 g/mol. The third-order valence-electron chi connectivity index (χ3n) is 5.93. The predicted molar refractivity (Wildman–Crippen MR) is 114 cm³/mol. The van der Waals surface area contributed by atoms with E-state index in [4.69, 9.17) is 9.47 Å². The van der Waals surface area contributed by atoms with E-state index in [1.165, 1.54) is 5.56 Å². The lowest BCUT2D eigenvalue weighted by molar-refractivity contribution is -0.141. The minimum absolute atomic E-state index is 0.110. The number of para-hydroxylation sites is 1. The summed E-state index contributed by atoms with van der Waals surface area (Å²) in [5, 5.41) is 0. The van der Waals surface area contributed by atoms with E-state index in [0.717, 1.165) is 62.4 Å². The SMILES string of the molecule is COc1ccccc1-c1cccc(CN2CCCC(C(=O)N3CCOCC3)C2)c1. The summed E-state index contributed by atoms with van der Waals surface area (Å²) in [4.78, 5) is 17.3. The maximum atomic E-state index is 12.9. The molecule has 0 aromatic heterocycles. The van der Waals surface area contributed by atoms with Crippen LogP contribution in [0.5, 0.6) is 5.75 Å². The number of carbonyl (C=O) groups excluding carboxylic acids is 1. The lowest BCUT2D eigenvalue weighted by Gasteiger charge is -2.36. The number of hydrogen-bond donors (Lipinski definition) is 0. The first-order valence-electron chi connectivity index (χ1n) is 10.6. The molecule has 0 N–H and O–H groups in total. The van der Waals surface area contributed by atoms with Gasteiger partial charge in [-0.1, -0.05) is 36.4 Å². The van der Waals surface area contributed by atoms with Crippen molar-refractivity contribution in [2.24, 2.45) is 5.92 Å². The molecule has 29 heavy (non-hydrogen) atoms. The molecule has 1 unspecified atom stereocenters. The van der Waals surface area contributed by atoms with Gasteiger partial charge in [-0.05, 0) is 42.6 Å². The second kappa shape index (κ2) is 9.42.